The second-order valence-electron chi connectivity index (χ2n) is 3.54. The van der Waals surface area contributed by atoms with Gasteiger partial charge in [0.15, 0.2) is 5.57 Å². The molecule has 0 unspecified atom stereocenters. The van der Waals surface area contributed by atoms with Crippen molar-refractivity contribution >= 4 is 32.6 Å². The molecule has 1 aliphatic rings. The number of halogens is 1. The highest BCUT2D eigenvalue weighted by molar-refractivity contribution is 14.1. The number of hydrogen-bond donors (Lipinski definition) is 0. The van der Waals surface area contributed by atoms with Crippen molar-refractivity contribution in [1.29, 1.82) is 0 Å². The van der Waals surface area contributed by atoms with Crippen molar-refractivity contribution in [3.05, 3.63) is 30.3 Å². The molecule has 2 heteroatoms. The van der Waals surface area contributed by atoms with Gasteiger partial charge in [-0.05, 0) is 17.3 Å². The number of rotatable bonds is 1. The molecule has 0 spiro atoms. The molecule has 0 saturated carbocycles. The maximum atomic E-state index is 2.77. The summed E-state index contributed by atoms with van der Waals surface area (Å²) < 4.78 is 0. The van der Waals surface area contributed by atoms with E-state index >= 15 is 0 Å². The fourth-order valence-electron chi connectivity index (χ4n) is 1.96. The second-order valence-corrected chi connectivity index (χ2v) is 13.2. The smallest absolute Gasteiger partial charge is 0.113 e. The molecular weight excluding hydrogens is 275 g/mol. The van der Waals surface area contributed by atoms with Gasteiger partial charge in [0, 0.05) is 0 Å². The molecule has 0 aliphatic carbocycles. The zero-order valence-electron chi connectivity index (χ0n) is 7.09. The molecule has 0 atom stereocenters. The maximum absolute atomic E-state index is 2.77. The van der Waals surface area contributed by atoms with E-state index in [1.165, 1.54) is 24.9 Å². The molecule has 0 bridgehead atoms. The van der Waals surface area contributed by atoms with Gasteiger partial charge in [0.05, 0.1) is 0 Å². The van der Waals surface area contributed by atoms with E-state index < -0.39 is 5.57 Å². The zero-order valence-corrected chi connectivity index (χ0v) is 10.3. The van der Waals surface area contributed by atoms with Crippen LogP contribution in [0.2, 0.25) is 12.1 Å². The monoisotopic (exact) mass is 288 g/mol. The van der Waals surface area contributed by atoms with E-state index in [-0.39, 0.29) is 0 Å². The summed E-state index contributed by atoms with van der Waals surface area (Å²) in [7, 11) is 0. The minimum Gasteiger partial charge on any atom is -0.113 e. The zero-order chi connectivity index (χ0) is 8.44. The normalized spacial score (nSPS) is 21.1. The van der Waals surface area contributed by atoms with Crippen molar-refractivity contribution in [3.63, 3.8) is 0 Å². The van der Waals surface area contributed by atoms with Crippen LogP contribution in [0.5, 0.6) is 0 Å². The fourth-order valence-corrected chi connectivity index (χ4v) is 8.57. The molecule has 0 amide bonds. The largest absolute Gasteiger partial charge is 0.155 e. The van der Waals surface area contributed by atoms with Crippen LogP contribution in [0.15, 0.2) is 30.3 Å². The van der Waals surface area contributed by atoms with Gasteiger partial charge in [0.2, 0.25) is 0 Å². The Balaban J connectivity index is 2.29. The Morgan fingerprint density at radius 1 is 1.00 bits per heavy atom. The molecule has 1 heterocycles. The molecule has 0 radical (unpaired) electrons. The number of hydrogen-bond acceptors (Lipinski definition) is 0. The van der Waals surface area contributed by atoms with Crippen molar-refractivity contribution in [2.45, 2.75) is 24.9 Å². The highest BCUT2D eigenvalue weighted by Crippen LogP contribution is 2.34. The van der Waals surface area contributed by atoms with E-state index in [4.69, 9.17) is 0 Å². The molecule has 0 aromatic heterocycles. The van der Waals surface area contributed by atoms with Gasteiger partial charge < -0.3 is 0 Å². The van der Waals surface area contributed by atoms with E-state index in [0.717, 1.165) is 0 Å². The van der Waals surface area contributed by atoms with Crippen molar-refractivity contribution in [3.8, 4) is 0 Å². The summed E-state index contributed by atoms with van der Waals surface area (Å²) >= 11 is 2.77. The molecular formula is C10H13ISi. The predicted octanol–water partition coefficient (Wildman–Crippen LogP) is 3.07. The average molecular weight is 288 g/mol. The van der Waals surface area contributed by atoms with Gasteiger partial charge in [-0.3, -0.25) is 0 Å². The Kier molecular flexibility index (Phi) is 2.55. The lowest BCUT2D eigenvalue weighted by atomic mass is 10.4. The predicted molar refractivity (Wildman–Crippen MR) is 64.7 cm³/mol. The van der Waals surface area contributed by atoms with E-state index in [9.17, 15) is 0 Å². The summed E-state index contributed by atoms with van der Waals surface area (Å²) in [5, 5.41) is 1.66. The van der Waals surface area contributed by atoms with Crippen molar-refractivity contribution < 1.29 is 0 Å². The molecule has 64 valence electrons. The highest BCUT2D eigenvalue weighted by atomic mass is 127. The standard InChI is InChI=1S/C10H13ISi/c11-12(8-4-5-9-12)10-6-2-1-3-7-10/h1-3,6-7H,4-5,8-9H2. The Morgan fingerprint density at radius 3 is 2.17 bits per heavy atom. The lowest BCUT2D eigenvalue weighted by Gasteiger charge is -2.18. The second kappa shape index (κ2) is 3.50. The third-order valence-electron chi connectivity index (χ3n) is 2.69. The minimum absolute atomic E-state index is 0.992. The Morgan fingerprint density at radius 2 is 1.58 bits per heavy atom. The van der Waals surface area contributed by atoms with Crippen LogP contribution in [0.1, 0.15) is 12.8 Å². The van der Waals surface area contributed by atoms with E-state index in [1.54, 1.807) is 5.19 Å². The minimum atomic E-state index is -0.992. The lowest BCUT2D eigenvalue weighted by Crippen LogP contribution is -2.37. The first-order valence-corrected chi connectivity index (χ1v) is 10.1. The Hall–Kier alpha value is 0.167. The van der Waals surface area contributed by atoms with E-state index in [0.29, 0.717) is 0 Å². The van der Waals surface area contributed by atoms with Crippen LogP contribution in [-0.4, -0.2) is 5.57 Å². The van der Waals surface area contributed by atoms with Gasteiger partial charge in [-0.25, -0.2) is 0 Å². The van der Waals surface area contributed by atoms with Gasteiger partial charge in [-0.1, -0.05) is 43.2 Å². The Labute approximate surface area is 87.6 Å². The van der Waals surface area contributed by atoms with Gasteiger partial charge in [0.1, 0.15) is 0 Å². The average Bonchev–Trinajstić information content (AvgIpc) is 2.55. The quantitative estimate of drug-likeness (QED) is 0.423. The number of benzene rings is 1. The van der Waals surface area contributed by atoms with Crippen LogP contribution >= 0.6 is 21.8 Å². The van der Waals surface area contributed by atoms with Gasteiger partial charge in [0.25, 0.3) is 0 Å². The molecule has 1 aliphatic heterocycles. The van der Waals surface area contributed by atoms with E-state index in [2.05, 4.69) is 52.1 Å². The van der Waals surface area contributed by atoms with Crippen LogP contribution in [0.25, 0.3) is 0 Å². The molecule has 1 aromatic carbocycles. The summed E-state index contributed by atoms with van der Waals surface area (Å²) in [5.41, 5.74) is -0.992. The van der Waals surface area contributed by atoms with Crippen molar-refractivity contribution in [2.24, 2.45) is 0 Å². The fraction of sp³-hybridized carbons (Fsp3) is 0.400. The first kappa shape index (κ1) is 8.75. The molecule has 0 N–H and O–H groups in total. The first-order chi connectivity index (χ1) is 5.81. The summed E-state index contributed by atoms with van der Waals surface area (Å²) in [4.78, 5) is 0. The summed E-state index contributed by atoms with van der Waals surface area (Å²) in [6.07, 6.45) is 2.92. The third kappa shape index (κ3) is 1.59. The van der Waals surface area contributed by atoms with Gasteiger partial charge >= 0.3 is 0 Å². The van der Waals surface area contributed by atoms with Crippen LogP contribution in [0.4, 0.5) is 0 Å². The topological polar surface area (TPSA) is 0 Å². The molecule has 1 fully saturated rings. The van der Waals surface area contributed by atoms with Gasteiger partial charge in [-0.2, -0.15) is 0 Å². The molecule has 1 aromatic rings. The molecule has 0 nitrogen and oxygen atoms in total. The molecule has 2 rings (SSSR count). The van der Waals surface area contributed by atoms with Gasteiger partial charge in [-0.15, -0.1) is 21.8 Å². The summed E-state index contributed by atoms with van der Waals surface area (Å²) in [5.74, 6) is 0. The molecule has 1 saturated heterocycles. The first-order valence-electron chi connectivity index (χ1n) is 4.56. The third-order valence-corrected chi connectivity index (χ3v) is 11.5. The van der Waals surface area contributed by atoms with Crippen LogP contribution in [-0.2, 0) is 0 Å². The highest BCUT2D eigenvalue weighted by Gasteiger charge is 2.34. The van der Waals surface area contributed by atoms with Crippen LogP contribution in [0.3, 0.4) is 0 Å². The Bertz CT molecular complexity index is 252. The molecule has 12 heavy (non-hydrogen) atoms. The summed E-state index contributed by atoms with van der Waals surface area (Å²) in [6, 6.07) is 14.1. The maximum Gasteiger partial charge on any atom is 0.155 e. The van der Waals surface area contributed by atoms with Crippen LogP contribution in [0, 0.1) is 0 Å². The van der Waals surface area contributed by atoms with E-state index in [1.807, 2.05) is 0 Å². The SMILES string of the molecule is I[Si]1(c2ccccc2)CCCC1. The van der Waals surface area contributed by atoms with Crippen molar-refractivity contribution in [1.82, 2.24) is 0 Å². The lowest BCUT2D eigenvalue weighted by molar-refractivity contribution is 0.935. The summed E-state index contributed by atoms with van der Waals surface area (Å²) in [6.45, 7) is 0. The van der Waals surface area contributed by atoms with Crippen LogP contribution < -0.4 is 5.19 Å². The van der Waals surface area contributed by atoms with Crippen molar-refractivity contribution in [2.75, 3.05) is 0 Å².